The molecule has 24 heavy (non-hydrogen) atoms. The molecule has 0 spiro atoms. The highest BCUT2D eigenvalue weighted by Crippen LogP contribution is 2.30. The molecule has 1 heterocycles. The summed E-state index contributed by atoms with van der Waals surface area (Å²) in [5, 5.41) is 9.61. The predicted octanol–water partition coefficient (Wildman–Crippen LogP) is 2.72. The standard InChI is InChI=1S/C19H21NO4/c1-23-17-8-7-13(9-18(17)24-2)11-20-12-15-6-4-3-5-14(15)10-16(20)19(21)22/h3-9,16H,10-12H2,1-2H3,(H,21,22). The minimum atomic E-state index is -0.787. The van der Waals surface area contributed by atoms with Crippen molar-refractivity contribution in [2.45, 2.75) is 25.6 Å². The van der Waals surface area contributed by atoms with Crippen LogP contribution in [0.3, 0.4) is 0 Å². The second-order valence-electron chi connectivity index (χ2n) is 5.92. The molecule has 0 fully saturated rings. The first-order chi connectivity index (χ1) is 11.6. The number of carboxylic acid groups (broad SMARTS) is 1. The molecule has 5 nitrogen and oxygen atoms in total. The van der Waals surface area contributed by atoms with Gasteiger partial charge in [-0.1, -0.05) is 30.3 Å². The fraction of sp³-hybridized carbons (Fsp3) is 0.316. The Morgan fingerprint density at radius 3 is 2.50 bits per heavy atom. The molecule has 1 N–H and O–H groups in total. The summed E-state index contributed by atoms with van der Waals surface area (Å²) < 4.78 is 10.6. The Balaban J connectivity index is 1.86. The quantitative estimate of drug-likeness (QED) is 0.915. The summed E-state index contributed by atoms with van der Waals surface area (Å²) in [6, 6.07) is 13.2. The summed E-state index contributed by atoms with van der Waals surface area (Å²) in [6.07, 6.45) is 0.527. The molecule has 2 aromatic rings. The van der Waals surface area contributed by atoms with Crippen molar-refractivity contribution in [1.29, 1.82) is 0 Å². The molecule has 0 aromatic heterocycles. The van der Waals surface area contributed by atoms with Gasteiger partial charge in [0.25, 0.3) is 0 Å². The van der Waals surface area contributed by atoms with Gasteiger partial charge < -0.3 is 14.6 Å². The van der Waals surface area contributed by atoms with E-state index in [1.807, 2.05) is 41.3 Å². The molecule has 1 aliphatic heterocycles. The smallest absolute Gasteiger partial charge is 0.321 e. The predicted molar refractivity (Wildman–Crippen MR) is 90.4 cm³/mol. The highest BCUT2D eigenvalue weighted by Gasteiger charge is 2.31. The number of carboxylic acids is 1. The molecule has 2 aromatic carbocycles. The summed E-state index contributed by atoms with van der Waals surface area (Å²) in [5.41, 5.74) is 3.31. The van der Waals surface area contributed by atoms with E-state index in [4.69, 9.17) is 9.47 Å². The molecule has 0 radical (unpaired) electrons. The number of ether oxygens (including phenoxy) is 2. The van der Waals surface area contributed by atoms with Crippen LogP contribution in [0.15, 0.2) is 42.5 Å². The van der Waals surface area contributed by atoms with Crippen LogP contribution in [0.5, 0.6) is 11.5 Å². The topological polar surface area (TPSA) is 59.0 Å². The van der Waals surface area contributed by atoms with Gasteiger partial charge in [0.1, 0.15) is 6.04 Å². The number of nitrogens with zero attached hydrogens (tertiary/aromatic N) is 1. The lowest BCUT2D eigenvalue weighted by Crippen LogP contribution is -2.44. The molecule has 5 heteroatoms. The lowest BCUT2D eigenvalue weighted by Gasteiger charge is -2.34. The van der Waals surface area contributed by atoms with E-state index < -0.39 is 12.0 Å². The van der Waals surface area contributed by atoms with Crippen molar-refractivity contribution in [2.24, 2.45) is 0 Å². The molecule has 0 aliphatic carbocycles. The van der Waals surface area contributed by atoms with Crippen LogP contribution < -0.4 is 9.47 Å². The average molecular weight is 327 g/mol. The second kappa shape index (κ2) is 6.93. The molecule has 0 saturated heterocycles. The molecule has 1 unspecified atom stereocenters. The SMILES string of the molecule is COc1ccc(CN2Cc3ccccc3CC2C(=O)O)cc1OC. The van der Waals surface area contributed by atoms with Crippen LogP contribution in [0.2, 0.25) is 0 Å². The van der Waals surface area contributed by atoms with Crippen LogP contribution >= 0.6 is 0 Å². The van der Waals surface area contributed by atoms with Crippen molar-refractivity contribution in [1.82, 2.24) is 4.90 Å². The molecule has 1 atom stereocenters. The van der Waals surface area contributed by atoms with Gasteiger partial charge in [-0.15, -0.1) is 0 Å². The number of carbonyl (C=O) groups is 1. The van der Waals surface area contributed by atoms with Crippen molar-refractivity contribution in [3.63, 3.8) is 0 Å². The fourth-order valence-electron chi connectivity index (χ4n) is 3.20. The van der Waals surface area contributed by atoms with Crippen LogP contribution in [-0.2, 0) is 24.3 Å². The number of hydrogen-bond acceptors (Lipinski definition) is 4. The lowest BCUT2D eigenvalue weighted by molar-refractivity contribution is -0.144. The molecule has 0 amide bonds. The number of aliphatic carboxylic acids is 1. The first-order valence-corrected chi connectivity index (χ1v) is 7.87. The Bertz CT molecular complexity index is 744. The van der Waals surface area contributed by atoms with Crippen molar-refractivity contribution in [2.75, 3.05) is 14.2 Å². The summed E-state index contributed by atoms with van der Waals surface area (Å²) in [6.45, 7) is 1.17. The zero-order chi connectivity index (χ0) is 17.1. The first kappa shape index (κ1) is 16.3. The number of fused-ring (bicyclic) bond motifs is 1. The number of benzene rings is 2. The third kappa shape index (κ3) is 3.21. The fourth-order valence-corrected chi connectivity index (χ4v) is 3.20. The van der Waals surface area contributed by atoms with Gasteiger partial charge in [-0.3, -0.25) is 9.69 Å². The van der Waals surface area contributed by atoms with Gasteiger partial charge in [0, 0.05) is 13.1 Å². The van der Waals surface area contributed by atoms with Crippen LogP contribution in [-0.4, -0.2) is 36.2 Å². The minimum Gasteiger partial charge on any atom is -0.493 e. The van der Waals surface area contributed by atoms with Crippen LogP contribution in [0.25, 0.3) is 0 Å². The summed E-state index contributed by atoms with van der Waals surface area (Å²) in [7, 11) is 3.19. The molecule has 3 rings (SSSR count). The molecule has 0 saturated carbocycles. The Hall–Kier alpha value is -2.53. The molecular formula is C19H21NO4. The van der Waals surface area contributed by atoms with Crippen LogP contribution in [0, 0.1) is 0 Å². The maximum atomic E-state index is 11.7. The van der Waals surface area contributed by atoms with Gasteiger partial charge >= 0.3 is 5.97 Å². The monoisotopic (exact) mass is 327 g/mol. The first-order valence-electron chi connectivity index (χ1n) is 7.87. The maximum absolute atomic E-state index is 11.7. The molecular weight excluding hydrogens is 306 g/mol. The van der Waals surface area contributed by atoms with E-state index >= 15 is 0 Å². The maximum Gasteiger partial charge on any atom is 0.321 e. The summed E-state index contributed by atoms with van der Waals surface area (Å²) in [5.74, 6) is 0.532. The van der Waals surface area contributed by atoms with Crippen molar-refractivity contribution < 1.29 is 19.4 Å². The second-order valence-corrected chi connectivity index (χ2v) is 5.92. The zero-order valence-corrected chi connectivity index (χ0v) is 13.9. The zero-order valence-electron chi connectivity index (χ0n) is 13.9. The molecule has 1 aliphatic rings. The van der Waals surface area contributed by atoms with Gasteiger partial charge in [0.05, 0.1) is 14.2 Å². The van der Waals surface area contributed by atoms with Gasteiger partial charge in [0.15, 0.2) is 11.5 Å². The van der Waals surface area contributed by atoms with Gasteiger partial charge in [-0.05, 0) is 35.2 Å². The Kier molecular flexibility index (Phi) is 4.71. The van der Waals surface area contributed by atoms with E-state index in [9.17, 15) is 9.90 Å². The van der Waals surface area contributed by atoms with E-state index in [0.717, 1.165) is 11.1 Å². The van der Waals surface area contributed by atoms with Crippen molar-refractivity contribution >= 4 is 5.97 Å². The lowest BCUT2D eigenvalue weighted by atomic mass is 9.93. The van der Waals surface area contributed by atoms with Gasteiger partial charge in [0.2, 0.25) is 0 Å². The van der Waals surface area contributed by atoms with E-state index in [-0.39, 0.29) is 0 Å². The van der Waals surface area contributed by atoms with Crippen LogP contribution in [0.4, 0.5) is 0 Å². The summed E-state index contributed by atoms with van der Waals surface area (Å²) >= 11 is 0. The van der Waals surface area contributed by atoms with E-state index in [1.165, 1.54) is 5.56 Å². The average Bonchev–Trinajstić information content (AvgIpc) is 2.60. The van der Waals surface area contributed by atoms with E-state index in [2.05, 4.69) is 6.07 Å². The summed E-state index contributed by atoms with van der Waals surface area (Å²) in [4.78, 5) is 13.7. The third-order valence-corrected chi connectivity index (χ3v) is 4.46. The largest absolute Gasteiger partial charge is 0.493 e. The number of methoxy groups -OCH3 is 2. The Morgan fingerprint density at radius 1 is 1.12 bits per heavy atom. The minimum absolute atomic E-state index is 0.520. The number of rotatable bonds is 5. The highest BCUT2D eigenvalue weighted by atomic mass is 16.5. The third-order valence-electron chi connectivity index (χ3n) is 4.46. The number of hydrogen-bond donors (Lipinski definition) is 1. The van der Waals surface area contributed by atoms with E-state index in [1.54, 1.807) is 14.2 Å². The van der Waals surface area contributed by atoms with Crippen LogP contribution in [0.1, 0.15) is 16.7 Å². The van der Waals surface area contributed by atoms with Gasteiger partial charge in [-0.2, -0.15) is 0 Å². The molecule has 0 bridgehead atoms. The molecule has 126 valence electrons. The Labute approximate surface area is 141 Å². The van der Waals surface area contributed by atoms with Crippen molar-refractivity contribution in [3.8, 4) is 11.5 Å². The highest BCUT2D eigenvalue weighted by molar-refractivity contribution is 5.74. The van der Waals surface area contributed by atoms with Crippen molar-refractivity contribution in [3.05, 3.63) is 59.2 Å². The van der Waals surface area contributed by atoms with Gasteiger partial charge in [-0.25, -0.2) is 0 Å². The van der Waals surface area contributed by atoms with E-state index in [0.29, 0.717) is 31.0 Å². The Morgan fingerprint density at radius 2 is 1.83 bits per heavy atom. The normalized spacial score (nSPS) is 17.2.